The number of amides is 1. The molecule has 0 saturated carbocycles. The molecule has 0 spiro atoms. The molecule has 0 bridgehead atoms. The molecule has 1 heterocycles. The Balaban J connectivity index is 1.79. The number of anilines is 1. The van der Waals surface area contributed by atoms with Gasteiger partial charge in [0.2, 0.25) is 15.9 Å². The minimum Gasteiger partial charge on any atom is -0.423 e. The predicted molar refractivity (Wildman–Crippen MR) is 102 cm³/mol. The van der Waals surface area contributed by atoms with E-state index in [1.54, 1.807) is 24.3 Å². The van der Waals surface area contributed by atoms with E-state index in [2.05, 4.69) is 5.32 Å². The molecule has 7 nitrogen and oxygen atoms in total. The Morgan fingerprint density at radius 3 is 2.63 bits per heavy atom. The summed E-state index contributed by atoms with van der Waals surface area (Å²) in [4.78, 5) is 23.4. The number of likely N-dealkylation sites (N-methyl/N-ethyl adjacent to an activating group) is 1. The Kier molecular flexibility index (Phi) is 5.31. The Hall–Kier alpha value is -2.68. The Morgan fingerprint density at radius 1 is 1.15 bits per heavy atom. The number of nitrogens with one attached hydrogen (secondary N) is 1. The molecule has 1 N–H and O–H groups in total. The lowest BCUT2D eigenvalue weighted by Gasteiger charge is -2.17. The predicted octanol–water partition coefficient (Wildman–Crippen LogP) is 2.71. The fourth-order valence-corrected chi connectivity index (χ4v) is 3.78. The van der Waals surface area contributed by atoms with Crippen LogP contribution >= 0.6 is 11.6 Å². The number of sulfonamides is 1. The van der Waals surface area contributed by atoms with Gasteiger partial charge in [0.05, 0.1) is 22.2 Å². The number of rotatable bonds is 5. The molecule has 0 unspecified atom stereocenters. The molecular weight excluding hydrogens is 392 g/mol. The van der Waals surface area contributed by atoms with Crippen molar-refractivity contribution in [1.29, 1.82) is 0 Å². The monoisotopic (exact) mass is 406 g/mol. The Labute approximate surface area is 160 Å². The smallest absolute Gasteiger partial charge is 0.336 e. The average Bonchev–Trinajstić information content (AvgIpc) is 2.63. The molecule has 0 aliphatic heterocycles. The van der Waals surface area contributed by atoms with E-state index in [4.69, 9.17) is 16.0 Å². The van der Waals surface area contributed by atoms with Gasteiger partial charge in [-0.15, -0.1) is 0 Å². The van der Waals surface area contributed by atoms with Crippen molar-refractivity contribution in [3.05, 3.63) is 70.0 Å². The van der Waals surface area contributed by atoms with Gasteiger partial charge in [0.15, 0.2) is 0 Å². The van der Waals surface area contributed by atoms with Crippen molar-refractivity contribution in [2.75, 3.05) is 18.9 Å². The second-order valence-electron chi connectivity index (χ2n) is 5.74. The summed E-state index contributed by atoms with van der Waals surface area (Å²) in [5.74, 6) is -0.527. The molecule has 0 radical (unpaired) electrons. The molecule has 0 atom stereocenters. The van der Waals surface area contributed by atoms with Crippen molar-refractivity contribution in [3.8, 4) is 0 Å². The second-order valence-corrected chi connectivity index (χ2v) is 8.20. The summed E-state index contributed by atoms with van der Waals surface area (Å²) in [5, 5.41) is 3.39. The van der Waals surface area contributed by atoms with Crippen LogP contribution in [0.4, 0.5) is 5.69 Å². The maximum atomic E-state index is 12.7. The zero-order valence-electron chi connectivity index (χ0n) is 14.2. The van der Waals surface area contributed by atoms with Crippen LogP contribution in [0.5, 0.6) is 0 Å². The topological polar surface area (TPSA) is 96.7 Å². The third-order valence-electron chi connectivity index (χ3n) is 3.81. The molecule has 0 aliphatic rings. The molecule has 1 aromatic heterocycles. The normalized spacial score (nSPS) is 11.7. The molecule has 0 saturated heterocycles. The fraction of sp³-hybridized carbons (Fsp3) is 0.111. The maximum Gasteiger partial charge on any atom is 0.336 e. The van der Waals surface area contributed by atoms with Crippen LogP contribution in [-0.4, -0.2) is 32.2 Å². The van der Waals surface area contributed by atoms with Crippen LogP contribution < -0.4 is 10.9 Å². The Morgan fingerprint density at radius 2 is 1.89 bits per heavy atom. The van der Waals surface area contributed by atoms with Crippen molar-refractivity contribution in [1.82, 2.24) is 4.31 Å². The van der Waals surface area contributed by atoms with Gasteiger partial charge in [0.25, 0.3) is 0 Å². The number of hydrogen-bond donors (Lipinski definition) is 1. The van der Waals surface area contributed by atoms with Gasteiger partial charge < -0.3 is 9.73 Å². The number of nitrogens with zero attached hydrogens (tertiary/aromatic N) is 1. The summed E-state index contributed by atoms with van der Waals surface area (Å²) in [6.07, 6.45) is 0. The molecule has 27 heavy (non-hydrogen) atoms. The van der Waals surface area contributed by atoms with Crippen molar-refractivity contribution in [2.45, 2.75) is 4.90 Å². The summed E-state index contributed by atoms with van der Waals surface area (Å²) < 4.78 is 31.4. The van der Waals surface area contributed by atoms with Crippen molar-refractivity contribution in [2.24, 2.45) is 0 Å². The molecule has 1 amide bonds. The second kappa shape index (κ2) is 7.51. The SMILES string of the molecule is CN(CC(=O)Nc1ccccc1Cl)S(=O)(=O)c1ccc2oc(=O)ccc2c1. The minimum atomic E-state index is -3.92. The lowest BCUT2D eigenvalue weighted by Crippen LogP contribution is -2.35. The summed E-state index contributed by atoms with van der Waals surface area (Å²) in [7, 11) is -2.62. The van der Waals surface area contributed by atoms with Crippen LogP contribution in [0.1, 0.15) is 0 Å². The van der Waals surface area contributed by atoms with Crippen molar-refractivity contribution >= 4 is 44.2 Å². The van der Waals surface area contributed by atoms with Crippen LogP contribution in [0.15, 0.2) is 68.7 Å². The number of hydrogen-bond acceptors (Lipinski definition) is 5. The van der Waals surface area contributed by atoms with Crippen molar-refractivity contribution in [3.63, 3.8) is 0 Å². The first-order valence-corrected chi connectivity index (χ1v) is 9.64. The van der Waals surface area contributed by atoms with Gasteiger partial charge in [-0.2, -0.15) is 4.31 Å². The van der Waals surface area contributed by atoms with Crippen LogP contribution in [0.2, 0.25) is 5.02 Å². The first-order valence-electron chi connectivity index (χ1n) is 7.82. The summed E-state index contributed by atoms with van der Waals surface area (Å²) in [6.45, 7) is -0.393. The standard InChI is InChI=1S/C18H15ClN2O5S/c1-21(11-17(22)20-15-5-3-2-4-14(15)19)27(24,25)13-7-8-16-12(10-13)6-9-18(23)26-16/h2-10H,11H2,1H3,(H,20,22). The molecule has 2 aromatic carbocycles. The van der Waals surface area contributed by atoms with Crippen LogP contribution in [0.3, 0.4) is 0 Å². The van der Waals surface area contributed by atoms with Crippen LogP contribution in [0, 0.1) is 0 Å². The highest BCUT2D eigenvalue weighted by molar-refractivity contribution is 7.89. The first-order chi connectivity index (χ1) is 12.8. The quantitative estimate of drug-likeness (QED) is 0.657. The fourth-order valence-electron chi connectivity index (χ4n) is 2.43. The van der Waals surface area contributed by atoms with E-state index in [9.17, 15) is 18.0 Å². The highest BCUT2D eigenvalue weighted by Gasteiger charge is 2.23. The maximum absolute atomic E-state index is 12.7. The van der Waals surface area contributed by atoms with Gasteiger partial charge in [-0.25, -0.2) is 13.2 Å². The number of carbonyl (C=O) groups is 1. The first kappa shape index (κ1) is 19.1. The van der Waals surface area contributed by atoms with E-state index in [1.165, 1.54) is 37.4 Å². The van der Waals surface area contributed by atoms with E-state index >= 15 is 0 Å². The zero-order valence-corrected chi connectivity index (χ0v) is 15.8. The number of carbonyl (C=O) groups excluding carboxylic acids is 1. The summed E-state index contributed by atoms with van der Waals surface area (Å²) >= 11 is 5.98. The number of halogens is 1. The Bertz CT molecular complexity index is 1170. The molecule has 9 heteroatoms. The summed E-state index contributed by atoms with van der Waals surface area (Å²) in [5.41, 5.74) is 0.155. The number of fused-ring (bicyclic) bond motifs is 1. The molecule has 0 aliphatic carbocycles. The lowest BCUT2D eigenvalue weighted by atomic mass is 10.2. The largest absolute Gasteiger partial charge is 0.423 e. The molecule has 0 fully saturated rings. The van der Waals surface area contributed by atoms with Crippen molar-refractivity contribution < 1.29 is 17.6 Å². The van der Waals surface area contributed by atoms with E-state index in [0.29, 0.717) is 16.1 Å². The summed E-state index contributed by atoms with van der Waals surface area (Å²) in [6, 6.07) is 13.5. The van der Waals surface area contributed by atoms with Gasteiger partial charge >= 0.3 is 5.63 Å². The average molecular weight is 407 g/mol. The number of benzene rings is 2. The molecule has 3 rings (SSSR count). The molecular formula is C18H15ClN2O5S. The third-order valence-corrected chi connectivity index (χ3v) is 5.94. The number of para-hydroxylation sites is 1. The van der Waals surface area contributed by atoms with Gasteiger partial charge in [0, 0.05) is 18.5 Å². The highest BCUT2D eigenvalue weighted by atomic mass is 35.5. The van der Waals surface area contributed by atoms with E-state index < -0.39 is 28.1 Å². The van der Waals surface area contributed by atoms with Crippen LogP contribution in [0.25, 0.3) is 11.0 Å². The lowest BCUT2D eigenvalue weighted by molar-refractivity contribution is -0.116. The van der Waals surface area contributed by atoms with Gasteiger partial charge in [-0.3, -0.25) is 4.79 Å². The minimum absolute atomic E-state index is 0.0168. The van der Waals surface area contributed by atoms with Gasteiger partial charge in [-0.1, -0.05) is 23.7 Å². The van der Waals surface area contributed by atoms with E-state index in [-0.39, 0.29) is 10.5 Å². The third kappa shape index (κ3) is 4.19. The van der Waals surface area contributed by atoms with E-state index in [1.807, 2.05) is 0 Å². The van der Waals surface area contributed by atoms with E-state index in [0.717, 1.165) is 4.31 Å². The molecule has 3 aromatic rings. The van der Waals surface area contributed by atoms with Gasteiger partial charge in [-0.05, 0) is 36.4 Å². The highest BCUT2D eigenvalue weighted by Crippen LogP contribution is 2.22. The molecule has 140 valence electrons. The zero-order chi connectivity index (χ0) is 19.6. The van der Waals surface area contributed by atoms with Gasteiger partial charge in [0.1, 0.15) is 5.58 Å². The van der Waals surface area contributed by atoms with Crippen LogP contribution in [-0.2, 0) is 14.8 Å².